The summed E-state index contributed by atoms with van der Waals surface area (Å²) in [6.45, 7) is 0.396. The minimum atomic E-state index is -0.292. The number of benzene rings is 1. The Bertz CT molecular complexity index is 462. The molecule has 0 bridgehead atoms. The molecule has 0 aliphatic heterocycles. The zero-order chi connectivity index (χ0) is 10.8. The fourth-order valence-corrected chi connectivity index (χ4v) is 1.77. The van der Waals surface area contributed by atoms with E-state index in [9.17, 15) is 4.39 Å². The van der Waals surface area contributed by atoms with E-state index in [0.717, 1.165) is 5.56 Å². The highest BCUT2D eigenvalue weighted by Crippen LogP contribution is 2.15. The molecule has 6 heteroatoms. The molecule has 4 nitrogen and oxygen atoms in total. The van der Waals surface area contributed by atoms with Gasteiger partial charge in [0.25, 0.3) is 0 Å². The lowest BCUT2D eigenvalue weighted by Crippen LogP contribution is -2.04. The molecule has 1 heterocycles. The van der Waals surface area contributed by atoms with Gasteiger partial charge in [0.2, 0.25) is 0 Å². The Balaban J connectivity index is 2.24. The van der Waals surface area contributed by atoms with Gasteiger partial charge in [0.05, 0.1) is 12.7 Å². The van der Waals surface area contributed by atoms with Gasteiger partial charge < -0.3 is 5.73 Å². The summed E-state index contributed by atoms with van der Waals surface area (Å²) in [5, 5.41) is 7.82. The van der Waals surface area contributed by atoms with Crippen molar-refractivity contribution in [3.63, 3.8) is 0 Å². The maximum absolute atomic E-state index is 13.0. The van der Waals surface area contributed by atoms with Crippen LogP contribution in [0, 0.1) is 5.82 Å². The van der Waals surface area contributed by atoms with Gasteiger partial charge in [0, 0.05) is 4.47 Å². The molecule has 0 saturated carbocycles. The SMILES string of the molecule is Nc1cnn(Cc2cc(F)cc(Br)c2)n1. The average molecular weight is 271 g/mol. The van der Waals surface area contributed by atoms with E-state index in [0.29, 0.717) is 16.8 Å². The lowest BCUT2D eigenvalue weighted by molar-refractivity contribution is 0.583. The van der Waals surface area contributed by atoms with Crippen LogP contribution in [0.15, 0.2) is 28.9 Å². The lowest BCUT2D eigenvalue weighted by atomic mass is 10.2. The number of anilines is 1. The monoisotopic (exact) mass is 270 g/mol. The van der Waals surface area contributed by atoms with Gasteiger partial charge in [-0.3, -0.25) is 0 Å². The fourth-order valence-electron chi connectivity index (χ4n) is 1.25. The summed E-state index contributed by atoms with van der Waals surface area (Å²) in [6.07, 6.45) is 1.45. The maximum atomic E-state index is 13.0. The number of aromatic nitrogens is 3. The van der Waals surface area contributed by atoms with Gasteiger partial charge in [-0.05, 0) is 23.8 Å². The van der Waals surface area contributed by atoms with Gasteiger partial charge in [0.15, 0.2) is 5.82 Å². The second kappa shape index (κ2) is 3.98. The van der Waals surface area contributed by atoms with Crippen LogP contribution < -0.4 is 5.73 Å². The third kappa shape index (κ3) is 2.53. The normalized spacial score (nSPS) is 10.5. The number of hydrogen-bond donors (Lipinski definition) is 1. The molecular weight excluding hydrogens is 263 g/mol. The minimum absolute atomic E-state index is 0.292. The van der Waals surface area contributed by atoms with Crippen molar-refractivity contribution in [2.75, 3.05) is 5.73 Å². The number of nitrogens with zero attached hydrogens (tertiary/aromatic N) is 3. The van der Waals surface area contributed by atoms with Crippen LogP contribution in [0.1, 0.15) is 5.56 Å². The first kappa shape index (κ1) is 10.1. The molecule has 2 N–H and O–H groups in total. The highest BCUT2D eigenvalue weighted by atomic mass is 79.9. The molecule has 0 spiro atoms. The van der Waals surface area contributed by atoms with Crippen LogP contribution in [0.2, 0.25) is 0 Å². The Morgan fingerprint density at radius 3 is 2.80 bits per heavy atom. The third-order valence-corrected chi connectivity index (χ3v) is 2.26. The second-order valence-electron chi connectivity index (χ2n) is 3.08. The summed E-state index contributed by atoms with van der Waals surface area (Å²) in [7, 11) is 0. The van der Waals surface area contributed by atoms with Crippen LogP contribution in [0.3, 0.4) is 0 Å². The van der Waals surface area contributed by atoms with Crippen molar-refractivity contribution >= 4 is 21.7 Å². The summed E-state index contributed by atoms with van der Waals surface area (Å²) in [5.41, 5.74) is 6.19. The van der Waals surface area contributed by atoms with Crippen LogP contribution in [0.4, 0.5) is 10.2 Å². The standard InChI is InChI=1S/C9H8BrFN4/c10-7-1-6(2-8(11)3-7)5-15-13-4-9(12)14-15/h1-4H,5H2,(H2,12,14). The van der Waals surface area contributed by atoms with E-state index in [1.54, 1.807) is 0 Å². The highest BCUT2D eigenvalue weighted by Gasteiger charge is 2.02. The van der Waals surface area contributed by atoms with Crippen LogP contribution in [-0.2, 0) is 6.54 Å². The second-order valence-corrected chi connectivity index (χ2v) is 3.99. The summed E-state index contributed by atoms with van der Waals surface area (Å²) < 4.78 is 13.7. The van der Waals surface area contributed by atoms with Crippen molar-refractivity contribution < 1.29 is 4.39 Å². The molecule has 0 unspecified atom stereocenters. The third-order valence-electron chi connectivity index (χ3n) is 1.80. The van der Waals surface area contributed by atoms with Crippen molar-refractivity contribution in [3.8, 4) is 0 Å². The molecule has 2 rings (SSSR count). The van der Waals surface area contributed by atoms with Crippen LogP contribution in [0.25, 0.3) is 0 Å². The quantitative estimate of drug-likeness (QED) is 0.906. The van der Waals surface area contributed by atoms with Crippen LogP contribution in [0.5, 0.6) is 0 Å². The van der Waals surface area contributed by atoms with Gasteiger partial charge in [-0.15, -0.1) is 5.10 Å². The minimum Gasteiger partial charge on any atom is -0.381 e. The number of nitrogens with two attached hydrogens (primary N) is 1. The van der Waals surface area contributed by atoms with Gasteiger partial charge in [0.1, 0.15) is 5.82 Å². The van der Waals surface area contributed by atoms with Crippen molar-refractivity contribution in [3.05, 3.63) is 40.2 Å². The topological polar surface area (TPSA) is 56.7 Å². The van der Waals surface area contributed by atoms with Crippen molar-refractivity contribution in [2.24, 2.45) is 0 Å². The predicted octanol–water partition coefficient (Wildman–Crippen LogP) is 1.81. The van der Waals surface area contributed by atoms with Crippen LogP contribution in [-0.4, -0.2) is 15.0 Å². The number of hydrogen-bond acceptors (Lipinski definition) is 3. The van der Waals surface area contributed by atoms with E-state index in [4.69, 9.17) is 5.73 Å². The van der Waals surface area contributed by atoms with Gasteiger partial charge in [-0.25, -0.2) is 4.39 Å². The van der Waals surface area contributed by atoms with Crippen molar-refractivity contribution in [1.29, 1.82) is 0 Å². The molecule has 0 radical (unpaired) electrons. The smallest absolute Gasteiger partial charge is 0.165 e. The Hall–Kier alpha value is -1.43. The largest absolute Gasteiger partial charge is 0.381 e. The summed E-state index contributed by atoms with van der Waals surface area (Å²) in [6, 6.07) is 4.64. The van der Waals surface area contributed by atoms with Gasteiger partial charge >= 0.3 is 0 Å². The molecule has 0 amide bonds. The summed E-state index contributed by atoms with van der Waals surface area (Å²) in [4.78, 5) is 1.41. The highest BCUT2D eigenvalue weighted by molar-refractivity contribution is 9.10. The van der Waals surface area contributed by atoms with Crippen molar-refractivity contribution in [2.45, 2.75) is 6.54 Å². The maximum Gasteiger partial charge on any atom is 0.165 e. The van der Waals surface area contributed by atoms with E-state index < -0.39 is 0 Å². The van der Waals surface area contributed by atoms with Crippen molar-refractivity contribution in [1.82, 2.24) is 15.0 Å². The van der Waals surface area contributed by atoms with E-state index in [2.05, 4.69) is 26.1 Å². The van der Waals surface area contributed by atoms with Gasteiger partial charge in [-0.1, -0.05) is 15.9 Å². The molecule has 0 atom stereocenters. The number of nitrogen functional groups attached to an aromatic ring is 1. The first-order chi connectivity index (χ1) is 7.13. The predicted molar refractivity (Wildman–Crippen MR) is 57.6 cm³/mol. The van der Waals surface area contributed by atoms with Gasteiger partial charge in [-0.2, -0.15) is 9.90 Å². The Morgan fingerprint density at radius 1 is 1.40 bits per heavy atom. The van der Waals surface area contributed by atoms with E-state index in [1.165, 1.54) is 23.1 Å². The van der Waals surface area contributed by atoms with Crippen LogP contribution >= 0.6 is 15.9 Å². The Labute approximate surface area is 94.0 Å². The molecule has 0 fully saturated rings. The van der Waals surface area contributed by atoms with E-state index >= 15 is 0 Å². The zero-order valence-electron chi connectivity index (χ0n) is 7.69. The molecule has 78 valence electrons. The zero-order valence-corrected chi connectivity index (χ0v) is 9.28. The number of halogens is 2. The first-order valence-corrected chi connectivity index (χ1v) is 5.03. The molecule has 0 saturated heterocycles. The summed E-state index contributed by atoms with van der Waals surface area (Å²) in [5.74, 6) is 0.0602. The average Bonchev–Trinajstić information content (AvgIpc) is 2.49. The summed E-state index contributed by atoms with van der Waals surface area (Å²) >= 11 is 3.22. The fraction of sp³-hybridized carbons (Fsp3) is 0.111. The van der Waals surface area contributed by atoms with E-state index in [1.807, 2.05) is 6.07 Å². The molecule has 1 aromatic carbocycles. The lowest BCUT2D eigenvalue weighted by Gasteiger charge is -2.01. The van der Waals surface area contributed by atoms with E-state index in [-0.39, 0.29) is 5.82 Å². The molecule has 2 aromatic rings. The molecule has 15 heavy (non-hydrogen) atoms. The Morgan fingerprint density at radius 2 is 2.20 bits per heavy atom. The number of rotatable bonds is 2. The molecule has 0 aliphatic rings. The first-order valence-electron chi connectivity index (χ1n) is 4.24. The molecule has 1 aromatic heterocycles. The Kier molecular flexibility index (Phi) is 2.68. The molecule has 0 aliphatic carbocycles. The molecular formula is C9H8BrFN4.